The van der Waals surface area contributed by atoms with Crippen molar-refractivity contribution in [2.45, 2.75) is 26.5 Å². The van der Waals surface area contributed by atoms with Crippen LogP contribution in [0.2, 0.25) is 0 Å². The van der Waals surface area contributed by atoms with Gasteiger partial charge in [0.15, 0.2) is 6.10 Å². The smallest absolute Gasteiger partial charge is 0.342 e. The van der Waals surface area contributed by atoms with Crippen molar-refractivity contribution in [3.05, 3.63) is 94.8 Å². The number of fused-ring (bicyclic) bond motifs is 1. The summed E-state index contributed by atoms with van der Waals surface area (Å²) in [6, 6.07) is 16.8. The molecule has 0 bridgehead atoms. The van der Waals surface area contributed by atoms with Gasteiger partial charge in [0, 0.05) is 0 Å². The Bertz CT molecular complexity index is 1320. The Balaban J connectivity index is 1.51. The van der Waals surface area contributed by atoms with Gasteiger partial charge in [0.05, 0.1) is 30.0 Å². The third kappa shape index (κ3) is 4.95. The van der Waals surface area contributed by atoms with Gasteiger partial charge in [0.25, 0.3) is 17.7 Å². The molecule has 3 amide bonds. The number of esters is 1. The minimum Gasteiger partial charge on any atom is -0.493 e. The van der Waals surface area contributed by atoms with E-state index in [0.717, 1.165) is 4.90 Å². The normalized spacial score (nSPS) is 13.2. The van der Waals surface area contributed by atoms with Gasteiger partial charge in [-0.15, -0.1) is 0 Å². The Labute approximate surface area is 206 Å². The molecular weight excluding hydrogens is 467 g/mol. The Morgan fingerprint density at radius 3 is 2.25 bits per heavy atom. The molecule has 1 aliphatic rings. The fourth-order valence-corrected chi connectivity index (χ4v) is 3.76. The van der Waals surface area contributed by atoms with Crippen molar-refractivity contribution in [2.75, 3.05) is 11.9 Å². The van der Waals surface area contributed by atoms with E-state index < -0.39 is 35.6 Å². The molecule has 3 aromatic carbocycles. The number of hydrogen-bond acceptors (Lipinski definition) is 6. The summed E-state index contributed by atoms with van der Waals surface area (Å²) >= 11 is 0. The lowest BCUT2D eigenvalue weighted by Gasteiger charge is -2.18. The van der Waals surface area contributed by atoms with E-state index in [9.17, 15) is 23.6 Å². The van der Waals surface area contributed by atoms with E-state index >= 15 is 0 Å². The summed E-state index contributed by atoms with van der Waals surface area (Å²) in [5.41, 5.74) is 1.12. The minimum atomic E-state index is -1.24. The van der Waals surface area contributed by atoms with Gasteiger partial charge in [0.1, 0.15) is 17.1 Å². The average Bonchev–Trinajstić information content (AvgIpc) is 3.11. The number of carbonyl (C=O) groups is 4. The molecule has 0 radical (unpaired) electrons. The first-order valence-corrected chi connectivity index (χ1v) is 11.3. The van der Waals surface area contributed by atoms with Crippen LogP contribution < -0.4 is 10.1 Å². The number of rotatable bonds is 8. The fraction of sp³-hybridized carbons (Fsp3) is 0.185. The maximum absolute atomic E-state index is 13.8. The Morgan fingerprint density at radius 2 is 1.61 bits per heavy atom. The maximum atomic E-state index is 13.8. The number of nitrogens with zero attached hydrogens (tertiary/aromatic N) is 1. The van der Waals surface area contributed by atoms with Crippen molar-refractivity contribution < 1.29 is 33.0 Å². The zero-order chi connectivity index (χ0) is 25.8. The summed E-state index contributed by atoms with van der Waals surface area (Å²) in [4.78, 5) is 51.9. The van der Waals surface area contributed by atoms with E-state index in [1.165, 1.54) is 37.3 Å². The summed E-state index contributed by atoms with van der Waals surface area (Å²) in [7, 11) is 0. The van der Waals surface area contributed by atoms with Crippen molar-refractivity contribution in [3.8, 4) is 5.75 Å². The van der Waals surface area contributed by atoms with E-state index in [4.69, 9.17) is 9.47 Å². The molecular formula is C27H23FN2O6. The molecule has 0 spiro atoms. The molecule has 0 aromatic heterocycles. The highest BCUT2D eigenvalue weighted by Gasteiger charge is 2.35. The van der Waals surface area contributed by atoms with E-state index in [1.807, 2.05) is 0 Å². The summed E-state index contributed by atoms with van der Waals surface area (Å²) < 4.78 is 24.7. The molecule has 9 heteroatoms. The molecule has 184 valence electrons. The Hall–Kier alpha value is -4.53. The van der Waals surface area contributed by atoms with Crippen LogP contribution in [0.25, 0.3) is 0 Å². The van der Waals surface area contributed by atoms with Crippen LogP contribution in [0, 0.1) is 5.82 Å². The number of amides is 3. The van der Waals surface area contributed by atoms with Gasteiger partial charge in [-0.05, 0) is 55.8 Å². The Morgan fingerprint density at radius 1 is 0.972 bits per heavy atom. The van der Waals surface area contributed by atoms with Crippen LogP contribution in [0.3, 0.4) is 0 Å². The molecule has 1 N–H and O–H groups in total. The van der Waals surface area contributed by atoms with Crippen molar-refractivity contribution in [2.24, 2.45) is 0 Å². The quantitative estimate of drug-likeness (QED) is 0.375. The first-order valence-electron chi connectivity index (χ1n) is 11.3. The molecule has 8 nitrogen and oxygen atoms in total. The van der Waals surface area contributed by atoms with Crippen LogP contribution in [-0.4, -0.2) is 41.3 Å². The minimum absolute atomic E-state index is 0.0245. The predicted octanol–water partition coefficient (Wildman–Crippen LogP) is 4.20. The summed E-state index contributed by atoms with van der Waals surface area (Å²) in [6.07, 6.45) is -1.24. The van der Waals surface area contributed by atoms with Crippen molar-refractivity contribution >= 4 is 29.4 Å². The van der Waals surface area contributed by atoms with Gasteiger partial charge in [-0.25, -0.2) is 9.18 Å². The predicted molar refractivity (Wildman–Crippen MR) is 128 cm³/mol. The lowest BCUT2D eigenvalue weighted by Crippen LogP contribution is -2.31. The molecule has 1 heterocycles. The second-order valence-corrected chi connectivity index (χ2v) is 8.02. The van der Waals surface area contributed by atoms with Crippen molar-refractivity contribution in [1.82, 2.24) is 4.90 Å². The fourth-order valence-electron chi connectivity index (χ4n) is 3.76. The number of imide groups is 1. The molecule has 3 aromatic rings. The summed E-state index contributed by atoms with van der Waals surface area (Å²) in [6.45, 7) is 3.30. The average molecular weight is 490 g/mol. The third-order valence-corrected chi connectivity index (χ3v) is 5.57. The monoisotopic (exact) mass is 490 g/mol. The standard InChI is InChI=1S/C27H23FN2O6/c1-3-35-23-13-12-17(15-30-25(32)18-8-4-5-9-19(18)26(30)33)14-20(23)27(34)36-16(2)24(31)29-22-11-7-6-10-21(22)28/h4-14,16H,3,15H2,1-2H3,(H,29,31). The van der Waals surface area contributed by atoms with Crippen LogP contribution in [0.1, 0.15) is 50.5 Å². The van der Waals surface area contributed by atoms with E-state index in [-0.39, 0.29) is 30.2 Å². The van der Waals surface area contributed by atoms with Crippen LogP contribution in [-0.2, 0) is 16.1 Å². The molecule has 0 saturated heterocycles. The lowest BCUT2D eigenvalue weighted by molar-refractivity contribution is -0.123. The highest BCUT2D eigenvalue weighted by Crippen LogP contribution is 2.27. The highest BCUT2D eigenvalue weighted by molar-refractivity contribution is 6.21. The second kappa shape index (κ2) is 10.4. The van der Waals surface area contributed by atoms with E-state index in [0.29, 0.717) is 16.7 Å². The molecule has 4 rings (SSSR count). The Kier molecular flexibility index (Phi) is 7.10. The zero-order valence-corrected chi connectivity index (χ0v) is 19.6. The second-order valence-electron chi connectivity index (χ2n) is 8.02. The van der Waals surface area contributed by atoms with Crippen LogP contribution in [0.5, 0.6) is 5.75 Å². The number of ether oxygens (including phenoxy) is 2. The van der Waals surface area contributed by atoms with Gasteiger partial charge in [-0.1, -0.05) is 30.3 Å². The molecule has 1 aliphatic heterocycles. The highest BCUT2D eigenvalue weighted by atomic mass is 19.1. The molecule has 0 fully saturated rings. The number of carbonyl (C=O) groups excluding carboxylic acids is 4. The van der Waals surface area contributed by atoms with Crippen LogP contribution in [0.4, 0.5) is 10.1 Å². The molecule has 36 heavy (non-hydrogen) atoms. The topological polar surface area (TPSA) is 102 Å². The number of hydrogen-bond donors (Lipinski definition) is 1. The van der Waals surface area contributed by atoms with Gasteiger partial charge < -0.3 is 14.8 Å². The summed E-state index contributed by atoms with van der Waals surface area (Å²) in [5.74, 6) is -2.81. The SMILES string of the molecule is CCOc1ccc(CN2C(=O)c3ccccc3C2=O)cc1C(=O)OC(C)C(=O)Nc1ccccc1F. The molecule has 0 saturated carbocycles. The first kappa shape index (κ1) is 24.6. The van der Waals surface area contributed by atoms with Gasteiger partial charge >= 0.3 is 5.97 Å². The number of para-hydroxylation sites is 1. The van der Waals surface area contributed by atoms with Gasteiger partial charge in [-0.3, -0.25) is 19.3 Å². The van der Waals surface area contributed by atoms with Gasteiger partial charge in [0.2, 0.25) is 0 Å². The van der Waals surface area contributed by atoms with Crippen LogP contribution in [0.15, 0.2) is 66.7 Å². The number of nitrogens with one attached hydrogen (secondary N) is 1. The van der Waals surface area contributed by atoms with Crippen molar-refractivity contribution in [3.63, 3.8) is 0 Å². The molecule has 1 atom stereocenters. The molecule has 1 unspecified atom stereocenters. The van der Waals surface area contributed by atoms with E-state index in [2.05, 4.69) is 5.32 Å². The lowest BCUT2D eigenvalue weighted by atomic mass is 10.1. The summed E-state index contributed by atoms with van der Waals surface area (Å²) in [5, 5.41) is 2.38. The third-order valence-electron chi connectivity index (χ3n) is 5.57. The van der Waals surface area contributed by atoms with E-state index in [1.54, 1.807) is 43.3 Å². The largest absolute Gasteiger partial charge is 0.493 e. The first-order chi connectivity index (χ1) is 17.3. The van der Waals surface area contributed by atoms with Crippen molar-refractivity contribution in [1.29, 1.82) is 0 Å². The van der Waals surface area contributed by atoms with Gasteiger partial charge in [-0.2, -0.15) is 0 Å². The number of benzene rings is 3. The number of anilines is 1. The number of halogens is 1. The zero-order valence-electron chi connectivity index (χ0n) is 19.6. The maximum Gasteiger partial charge on any atom is 0.342 e. The molecule has 0 aliphatic carbocycles. The van der Waals surface area contributed by atoms with Crippen LogP contribution >= 0.6 is 0 Å².